The van der Waals surface area contributed by atoms with Crippen molar-refractivity contribution in [2.45, 2.75) is 271 Å². The lowest BCUT2D eigenvalue weighted by atomic mass is 10.0. The predicted octanol–water partition coefficient (Wildman–Crippen LogP) is 20.8. The van der Waals surface area contributed by atoms with Crippen molar-refractivity contribution in [1.82, 2.24) is 28.7 Å². The maximum Gasteiger partial charge on any atom is 0.307 e. The topological polar surface area (TPSA) is 152 Å². The fourth-order valence-corrected chi connectivity index (χ4v) is 18.7. The van der Waals surface area contributed by atoms with E-state index in [1.807, 2.05) is 69.7 Å². The molecule has 19 heteroatoms. The highest BCUT2D eigenvalue weighted by Gasteiger charge is 2.34. The van der Waals surface area contributed by atoms with E-state index >= 15 is 0 Å². The van der Waals surface area contributed by atoms with Crippen LogP contribution < -0.4 is 30.4 Å². The minimum Gasteiger partial charge on any atom is -0.494 e. The second-order valence-electron chi connectivity index (χ2n) is 32.6. The zero-order chi connectivity index (χ0) is 78.4. The number of pyridine rings is 2. The first-order valence-electron chi connectivity index (χ1n) is 44.2. The van der Waals surface area contributed by atoms with E-state index in [2.05, 4.69) is 92.7 Å². The van der Waals surface area contributed by atoms with Crippen LogP contribution in [0.4, 0.5) is 11.4 Å². The van der Waals surface area contributed by atoms with Gasteiger partial charge in [-0.2, -0.15) is 0 Å². The van der Waals surface area contributed by atoms with Crippen LogP contribution in [0.25, 0.3) is 42.0 Å². The molecule has 2 atom stereocenters. The molecule has 17 nitrogen and oxygen atoms in total. The molecule has 3 fully saturated rings. The molecule has 4 aromatic heterocycles. The lowest BCUT2D eigenvalue weighted by Gasteiger charge is -2.44. The molecular weight excluding hydrogens is 1450 g/mol. The van der Waals surface area contributed by atoms with Gasteiger partial charge >= 0.3 is 5.97 Å². The molecule has 8 aromatic rings. The van der Waals surface area contributed by atoms with Crippen molar-refractivity contribution in [1.29, 1.82) is 0 Å². The molecule has 0 bridgehead atoms. The number of rotatable bonds is 53. The maximum atomic E-state index is 13.4. The van der Waals surface area contributed by atoms with Gasteiger partial charge in [0.2, 0.25) is 11.8 Å². The Morgan fingerprint density at radius 3 is 1.16 bits per heavy atom. The second kappa shape index (κ2) is 48.3. The van der Waals surface area contributed by atoms with Gasteiger partial charge in [-0.25, -0.2) is 0 Å². The number of carbonyl (C=O) groups is 3. The van der Waals surface area contributed by atoms with Crippen LogP contribution in [0.2, 0.25) is 0 Å². The number of esters is 1. The molecule has 113 heavy (non-hydrogen) atoms. The number of hydrogen-bond donors (Lipinski definition) is 0. The van der Waals surface area contributed by atoms with Gasteiger partial charge in [0.25, 0.3) is 11.1 Å². The number of piperazine rings is 3. The molecular formula is C94H134N8O9S2. The highest BCUT2D eigenvalue weighted by molar-refractivity contribution is 7.17. The summed E-state index contributed by atoms with van der Waals surface area (Å²) >= 11 is 3.62. The van der Waals surface area contributed by atoms with E-state index in [0.29, 0.717) is 63.4 Å². The van der Waals surface area contributed by atoms with Crippen molar-refractivity contribution in [3.05, 3.63) is 141 Å². The zero-order valence-corrected chi connectivity index (χ0v) is 70.4. The SMILES string of the molecule is C[C@@H]1CN(C(=O)CCCCCCCCCCCCCCCCC(=O)OCn2c(=O)ccc3ccc(OCCCCN4CCN(c5cccc6sccc56)CC4)cc32)[C@@H](C)CN1C(=O)CCCCCCCCCCCCCCCCCOCn1c(=O)ccc2ccc(OCCCCN3CCN(c4cccc5sccc45)CC3)cc21. The number of carbonyl (C=O) groups excluding carboxylic acids is 3. The highest BCUT2D eigenvalue weighted by atomic mass is 32.1. The molecule has 3 aliphatic heterocycles. The fraction of sp³-hybridized carbons (Fsp3) is 0.606. The summed E-state index contributed by atoms with van der Waals surface area (Å²) in [5.74, 6) is 1.74. The van der Waals surface area contributed by atoms with Crippen LogP contribution in [0.5, 0.6) is 11.5 Å². The van der Waals surface area contributed by atoms with Crippen molar-refractivity contribution in [2.24, 2.45) is 0 Å². The first-order valence-corrected chi connectivity index (χ1v) is 46.0. The van der Waals surface area contributed by atoms with Gasteiger partial charge < -0.3 is 38.5 Å². The summed E-state index contributed by atoms with van der Waals surface area (Å²) in [5, 5.41) is 9.02. The standard InChI is InChI=1S/C94H134N8O9S2/c1-76-73-100(91(104)43-29-25-21-17-13-9-5-6-10-14-18-22-26-30-44-94(107)111-75-102-87-71-81(50-46-79(87)48-52-93(102)106)110-67-35-32-56-96-59-63-98(64-60-96)85-39-37-41-89-83(85)54-69-113-89)77(2)72-99(76)90(103)42-28-24-20-16-12-8-4-3-7-11-15-19-23-27-33-65-108-74-101-86-70-80(49-45-78(86)47-51-92(101)105)109-66-34-31-55-95-57-61-97(62-58-95)84-38-36-40-88-82(84)53-68-112-88/h36-41,45-54,68-71,76-77H,3-35,42-44,55-67,72-75H2,1-2H3/t76-,77+/m1/s1. The normalized spacial score (nSPS) is 15.9. The third-order valence-electron chi connectivity index (χ3n) is 24.0. The average Bonchev–Trinajstić information content (AvgIpc) is 1.48. The molecule has 2 amide bonds. The number of hydrogen-bond acceptors (Lipinski definition) is 15. The summed E-state index contributed by atoms with van der Waals surface area (Å²) in [6.45, 7) is 18.2. The number of fused-ring (bicyclic) bond motifs is 4. The molecule has 0 aliphatic carbocycles. The number of unbranched alkanes of at least 4 members (excludes halogenated alkanes) is 29. The molecule has 0 unspecified atom stereocenters. The van der Waals surface area contributed by atoms with E-state index in [1.54, 1.807) is 22.0 Å². The van der Waals surface area contributed by atoms with E-state index in [1.165, 1.54) is 171 Å². The van der Waals surface area contributed by atoms with Crippen LogP contribution in [0, 0.1) is 0 Å². The van der Waals surface area contributed by atoms with Gasteiger partial charge in [0.1, 0.15) is 18.2 Å². The lowest BCUT2D eigenvalue weighted by molar-refractivity contribution is -0.147. The molecule has 0 radical (unpaired) electrons. The van der Waals surface area contributed by atoms with Gasteiger partial charge in [0.05, 0.1) is 24.2 Å². The number of ether oxygens (including phenoxy) is 4. The monoisotopic (exact) mass is 1580 g/mol. The Kier molecular flexibility index (Phi) is 37.0. The van der Waals surface area contributed by atoms with Crippen LogP contribution in [0.15, 0.2) is 130 Å². The Hall–Kier alpha value is -7.29. The summed E-state index contributed by atoms with van der Waals surface area (Å²) in [6, 6.07) is 36.6. The Morgan fingerprint density at radius 2 is 0.743 bits per heavy atom. The minimum atomic E-state index is -0.270. The van der Waals surface area contributed by atoms with Crippen molar-refractivity contribution in [3.63, 3.8) is 0 Å². The molecule has 0 spiro atoms. The van der Waals surface area contributed by atoms with Crippen molar-refractivity contribution in [2.75, 3.05) is 108 Å². The smallest absolute Gasteiger partial charge is 0.307 e. The Morgan fingerprint density at radius 1 is 0.381 bits per heavy atom. The molecule has 11 rings (SSSR count). The molecule has 3 saturated heterocycles. The van der Waals surface area contributed by atoms with Gasteiger partial charge in [-0.3, -0.25) is 42.9 Å². The molecule has 4 aromatic carbocycles. The van der Waals surface area contributed by atoms with Gasteiger partial charge in [0, 0.05) is 159 Å². The Labute approximate surface area is 682 Å². The van der Waals surface area contributed by atoms with Gasteiger partial charge in [0.15, 0.2) is 6.73 Å². The van der Waals surface area contributed by atoms with E-state index in [-0.39, 0.29) is 54.4 Å². The van der Waals surface area contributed by atoms with E-state index in [0.717, 1.165) is 171 Å². The number of aromatic nitrogens is 2. The lowest BCUT2D eigenvalue weighted by Crippen LogP contribution is -2.59. The summed E-state index contributed by atoms with van der Waals surface area (Å²) < 4.78 is 30.1. The molecule has 0 N–H and O–H groups in total. The first kappa shape index (κ1) is 86.6. The molecule has 3 aliphatic rings. The van der Waals surface area contributed by atoms with E-state index in [9.17, 15) is 24.0 Å². The Balaban J connectivity index is 0.420. The average molecular weight is 1580 g/mol. The van der Waals surface area contributed by atoms with Crippen LogP contribution in [0.1, 0.15) is 245 Å². The van der Waals surface area contributed by atoms with Crippen molar-refractivity contribution < 1.29 is 33.3 Å². The molecule has 616 valence electrons. The highest BCUT2D eigenvalue weighted by Crippen LogP contribution is 2.34. The first-order chi connectivity index (χ1) is 55.5. The quantitative estimate of drug-likeness (QED) is 0.0263. The number of anilines is 2. The second-order valence-corrected chi connectivity index (χ2v) is 34.5. The summed E-state index contributed by atoms with van der Waals surface area (Å²) in [6.07, 6.45) is 40.1. The third kappa shape index (κ3) is 28.0. The van der Waals surface area contributed by atoms with Gasteiger partial charge in [-0.1, -0.05) is 173 Å². The van der Waals surface area contributed by atoms with Crippen LogP contribution in [-0.4, -0.2) is 157 Å². The largest absolute Gasteiger partial charge is 0.494 e. The van der Waals surface area contributed by atoms with E-state index < -0.39 is 0 Å². The minimum absolute atomic E-state index is 0.0509. The van der Waals surface area contributed by atoms with Crippen molar-refractivity contribution in [3.8, 4) is 11.5 Å². The summed E-state index contributed by atoms with van der Waals surface area (Å²) in [4.78, 5) is 79.8. The van der Waals surface area contributed by atoms with Gasteiger partial charge in [-0.05, 0) is 173 Å². The number of nitrogens with zero attached hydrogens (tertiary/aromatic N) is 8. The summed E-state index contributed by atoms with van der Waals surface area (Å²) in [5.41, 5.74) is 4.03. The third-order valence-corrected chi connectivity index (χ3v) is 25.7. The maximum absolute atomic E-state index is 13.4. The fourth-order valence-electron chi connectivity index (χ4n) is 17.1. The molecule has 7 heterocycles. The van der Waals surface area contributed by atoms with E-state index in [4.69, 9.17) is 18.9 Å². The zero-order valence-electron chi connectivity index (χ0n) is 68.7. The number of benzene rings is 4. The molecule has 0 saturated carbocycles. The Bertz CT molecular complexity index is 4250. The van der Waals surface area contributed by atoms with Crippen molar-refractivity contribution >= 4 is 93.8 Å². The van der Waals surface area contributed by atoms with Crippen LogP contribution in [0.3, 0.4) is 0 Å². The van der Waals surface area contributed by atoms with Crippen LogP contribution >= 0.6 is 22.7 Å². The number of amides is 2. The number of thiophene rings is 2. The summed E-state index contributed by atoms with van der Waals surface area (Å²) in [7, 11) is 0. The van der Waals surface area contributed by atoms with Gasteiger partial charge in [-0.15, -0.1) is 22.7 Å². The predicted molar refractivity (Wildman–Crippen MR) is 469 cm³/mol. The van der Waals surface area contributed by atoms with Crippen LogP contribution in [-0.2, 0) is 37.3 Å².